The minimum Gasteiger partial charge on any atom is -0.492 e. The van der Waals surface area contributed by atoms with Crippen molar-refractivity contribution in [2.45, 2.75) is 44.4 Å². The van der Waals surface area contributed by atoms with Crippen LogP contribution in [0.1, 0.15) is 38.2 Å². The van der Waals surface area contributed by atoms with Crippen LogP contribution in [0.25, 0.3) is 0 Å². The fraction of sp³-hybridized carbons (Fsp3) is 0.588. The molecule has 1 heterocycles. The van der Waals surface area contributed by atoms with Crippen LogP contribution in [0.3, 0.4) is 0 Å². The molecule has 0 saturated carbocycles. The maximum Gasteiger partial charge on any atom is 0.246 e. The predicted molar refractivity (Wildman–Crippen MR) is 92.3 cm³/mol. The average Bonchev–Trinajstić information content (AvgIpc) is 2.55. The van der Waals surface area contributed by atoms with E-state index in [1.807, 2.05) is 6.92 Å². The first-order valence-electron chi connectivity index (χ1n) is 8.39. The number of carbonyl (C=O) groups excluding carboxylic acids is 1. The summed E-state index contributed by atoms with van der Waals surface area (Å²) in [5.74, 6) is -0.193. The minimum absolute atomic E-state index is 0.196. The first kappa shape index (κ1) is 18.7. The number of aryl methyl sites for hydroxylation is 1. The predicted octanol–water partition coefficient (Wildman–Crippen LogP) is 2.06. The van der Waals surface area contributed by atoms with Crippen molar-refractivity contribution < 1.29 is 17.9 Å². The molecular formula is C17H26N2O4S. The molecule has 134 valence electrons. The molecule has 0 bridgehead atoms. The third kappa shape index (κ3) is 4.27. The zero-order valence-corrected chi connectivity index (χ0v) is 15.1. The van der Waals surface area contributed by atoms with Crippen molar-refractivity contribution in [1.82, 2.24) is 4.31 Å². The topological polar surface area (TPSA) is 89.7 Å². The van der Waals surface area contributed by atoms with Crippen molar-refractivity contribution in [3.05, 3.63) is 23.8 Å². The van der Waals surface area contributed by atoms with E-state index >= 15 is 0 Å². The van der Waals surface area contributed by atoms with Crippen molar-refractivity contribution in [3.8, 4) is 5.75 Å². The third-order valence-corrected chi connectivity index (χ3v) is 6.27. The maximum absolute atomic E-state index is 13.0. The van der Waals surface area contributed by atoms with Gasteiger partial charge in [-0.05, 0) is 43.9 Å². The summed E-state index contributed by atoms with van der Waals surface area (Å²) in [6, 6.07) is 5.14. The van der Waals surface area contributed by atoms with E-state index in [0.29, 0.717) is 38.3 Å². The van der Waals surface area contributed by atoms with Crippen LogP contribution in [-0.4, -0.2) is 38.3 Å². The van der Waals surface area contributed by atoms with Crippen LogP contribution in [0.5, 0.6) is 5.75 Å². The summed E-state index contributed by atoms with van der Waals surface area (Å²) in [5, 5.41) is 0. The van der Waals surface area contributed by atoms with Gasteiger partial charge in [0.25, 0.3) is 0 Å². The van der Waals surface area contributed by atoms with Gasteiger partial charge in [0.2, 0.25) is 15.9 Å². The summed E-state index contributed by atoms with van der Waals surface area (Å²) in [4.78, 5) is 11.4. The first-order chi connectivity index (χ1) is 11.4. The van der Waals surface area contributed by atoms with Crippen LogP contribution in [0.15, 0.2) is 23.1 Å². The van der Waals surface area contributed by atoms with E-state index in [2.05, 4.69) is 6.92 Å². The third-order valence-electron chi connectivity index (χ3n) is 4.33. The van der Waals surface area contributed by atoms with Gasteiger partial charge in [0, 0.05) is 19.0 Å². The van der Waals surface area contributed by atoms with Crippen LogP contribution in [-0.2, 0) is 14.8 Å². The van der Waals surface area contributed by atoms with Gasteiger partial charge in [0.05, 0.1) is 6.61 Å². The van der Waals surface area contributed by atoms with Crippen molar-refractivity contribution in [1.29, 1.82) is 0 Å². The Hall–Kier alpha value is -1.60. The number of nitrogens with two attached hydrogens (primary N) is 1. The summed E-state index contributed by atoms with van der Waals surface area (Å²) in [5.41, 5.74) is 6.27. The lowest BCUT2D eigenvalue weighted by molar-refractivity contribution is -0.122. The molecular weight excluding hydrogens is 328 g/mol. The molecule has 24 heavy (non-hydrogen) atoms. The summed E-state index contributed by atoms with van der Waals surface area (Å²) in [6.07, 6.45) is 2.78. The second-order valence-corrected chi connectivity index (χ2v) is 8.14. The lowest BCUT2D eigenvalue weighted by Crippen LogP contribution is -2.41. The molecule has 2 N–H and O–H groups in total. The average molecular weight is 354 g/mol. The molecule has 1 aliphatic rings. The smallest absolute Gasteiger partial charge is 0.246 e. The molecule has 2 rings (SSSR count). The number of unbranched alkanes of at least 4 members (excludes halogenated alkanes) is 1. The number of amides is 1. The van der Waals surface area contributed by atoms with Crippen molar-refractivity contribution >= 4 is 15.9 Å². The van der Waals surface area contributed by atoms with Crippen molar-refractivity contribution in [2.24, 2.45) is 11.7 Å². The molecule has 1 amide bonds. The molecule has 0 aromatic heterocycles. The molecule has 1 fully saturated rings. The molecule has 6 nitrogen and oxygen atoms in total. The number of hydrogen-bond acceptors (Lipinski definition) is 4. The van der Waals surface area contributed by atoms with E-state index in [4.69, 9.17) is 10.5 Å². The monoisotopic (exact) mass is 354 g/mol. The van der Waals surface area contributed by atoms with Crippen LogP contribution in [0, 0.1) is 12.8 Å². The molecule has 1 aromatic carbocycles. The largest absolute Gasteiger partial charge is 0.492 e. The van der Waals surface area contributed by atoms with Gasteiger partial charge in [-0.2, -0.15) is 4.31 Å². The minimum atomic E-state index is -3.64. The lowest BCUT2D eigenvalue weighted by atomic mass is 9.98. The van der Waals surface area contributed by atoms with Crippen LogP contribution in [0.2, 0.25) is 0 Å². The zero-order valence-electron chi connectivity index (χ0n) is 14.3. The highest BCUT2D eigenvalue weighted by atomic mass is 32.2. The number of ether oxygens (including phenoxy) is 1. The van der Waals surface area contributed by atoms with E-state index < -0.39 is 10.0 Å². The Morgan fingerprint density at radius 2 is 2.00 bits per heavy atom. The summed E-state index contributed by atoms with van der Waals surface area (Å²) < 4.78 is 33.1. The molecule has 7 heteroatoms. The van der Waals surface area contributed by atoms with E-state index in [-0.39, 0.29) is 16.7 Å². The van der Waals surface area contributed by atoms with Gasteiger partial charge in [0.15, 0.2) is 0 Å². The molecule has 1 aromatic rings. The fourth-order valence-electron chi connectivity index (χ4n) is 2.79. The Morgan fingerprint density at radius 1 is 1.33 bits per heavy atom. The number of hydrogen-bond donors (Lipinski definition) is 1. The standard InChI is InChI=1S/C17H26N2O4S/c1-3-4-11-23-15-12-13(2)5-6-16(15)24(21,22)19-9-7-14(8-10-19)17(18)20/h5-6,12,14H,3-4,7-11H2,1-2H3,(H2,18,20). The number of piperidine rings is 1. The van der Waals surface area contributed by atoms with Crippen LogP contribution >= 0.6 is 0 Å². The fourth-order valence-corrected chi connectivity index (χ4v) is 4.37. The van der Waals surface area contributed by atoms with Crippen molar-refractivity contribution in [3.63, 3.8) is 0 Å². The Bertz CT molecular complexity index is 680. The van der Waals surface area contributed by atoms with Gasteiger partial charge < -0.3 is 10.5 Å². The number of carbonyl (C=O) groups is 1. The second kappa shape index (κ2) is 7.98. The van der Waals surface area contributed by atoms with Crippen LogP contribution < -0.4 is 10.5 Å². The molecule has 0 atom stereocenters. The maximum atomic E-state index is 13.0. The Morgan fingerprint density at radius 3 is 2.58 bits per heavy atom. The number of nitrogens with zero attached hydrogens (tertiary/aromatic N) is 1. The van der Waals surface area contributed by atoms with E-state index in [9.17, 15) is 13.2 Å². The highest BCUT2D eigenvalue weighted by Crippen LogP contribution is 2.30. The van der Waals surface area contributed by atoms with E-state index in [1.165, 1.54) is 4.31 Å². The lowest BCUT2D eigenvalue weighted by Gasteiger charge is -2.30. The van der Waals surface area contributed by atoms with E-state index in [0.717, 1.165) is 18.4 Å². The quantitative estimate of drug-likeness (QED) is 0.759. The SMILES string of the molecule is CCCCOc1cc(C)ccc1S(=O)(=O)N1CCC(C(N)=O)CC1. The molecule has 0 radical (unpaired) electrons. The van der Waals surface area contributed by atoms with Crippen molar-refractivity contribution in [2.75, 3.05) is 19.7 Å². The highest BCUT2D eigenvalue weighted by Gasteiger charge is 2.33. The Balaban J connectivity index is 2.21. The normalized spacial score (nSPS) is 16.9. The molecule has 0 unspecified atom stereocenters. The Labute approximate surface area is 144 Å². The highest BCUT2D eigenvalue weighted by molar-refractivity contribution is 7.89. The number of benzene rings is 1. The van der Waals surface area contributed by atoms with Gasteiger partial charge >= 0.3 is 0 Å². The summed E-state index contributed by atoms with van der Waals surface area (Å²) >= 11 is 0. The molecule has 0 spiro atoms. The molecule has 1 aliphatic heterocycles. The summed E-state index contributed by atoms with van der Waals surface area (Å²) in [6.45, 7) is 5.06. The Kier molecular flexibility index (Phi) is 6.23. The van der Waals surface area contributed by atoms with Crippen LogP contribution in [0.4, 0.5) is 0 Å². The molecule has 0 aliphatic carbocycles. The van der Waals surface area contributed by atoms with E-state index in [1.54, 1.807) is 18.2 Å². The second-order valence-electron chi connectivity index (χ2n) is 6.23. The van der Waals surface area contributed by atoms with Gasteiger partial charge in [-0.1, -0.05) is 19.4 Å². The van der Waals surface area contributed by atoms with Gasteiger partial charge in [0.1, 0.15) is 10.6 Å². The summed E-state index contributed by atoms with van der Waals surface area (Å²) in [7, 11) is -3.64. The number of primary amides is 1. The number of sulfonamides is 1. The van der Waals surface area contributed by atoms with Gasteiger partial charge in [-0.25, -0.2) is 8.42 Å². The zero-order chi connectivity index (χ0) is 17.7. The number of rotatable bonds is 7. The first-order valence-corrected chi connectivity index (χ1v) is 9.83. The van der Waals surface area contributed by atoms with Gasteiger partial charge in [-0.3, -0.25) is 4.79 Å². The molecule has 1 saturated heterocycles. The van der Waals surface area contributed by atoms with Gasteiger partial charge in [-0.15, -0.1) is 0 Å².